The van der Waals surface area contributed by atoms with E-state index < -0.39 is 6.61 Å². The Morgan fingerprint density at radius 3 is 2.53 bits per heavy atom. The molecule has 11 heteroatoms. The second-order valence-electron chi connectivity index (χ2n) is 7.29. The van der Waals surface area contributed by atoms with Gasteiger partial charge in [0.2, 0.25) is 5.91 Å². The number of thiazole rings is 1. The number of ether oxygens (including phenoxy) is 1. The average Bonchev–Trinajstić information content (AvgIpc) is 3.14. The molecular formula is C21H20ClF2N5O2S. The van der Waals surface area contributed by atoms with Gasteiger partial charge in [0.15, 0.2) is 16.1 Å². The predicted octanol–water partition coefficient (Wildman–Crippen LogP) is 5.02. The molecule has 0 radical (unpaired) electrons. The van der Waals surface area contributed by atoms with Gasteiger partial charge in [0.05, 0.1) is 5.69 Å². The minimum atomic E-state index is -2.87. The van der Waals surface area contributed by atoms with Crippen LogP contribution in [0.25, 0.3) is 11.3 Å². The summed E-state index contributed by atoms with van der Waals surface area (Å²) >= 11 is 7.17. The number of amides is 1. The maximum Gasteiger partial charge on any atom is 0.387 e. The molecule has 32 heavy (non-hydrogen) atoms. The lowest BCUT2D eigenvalue weighted by molar-refractivity contribution is -0.120. The molecule has 168 valence electrons. The molecule has 1 aromatic carbocycles. The monoisotopic (exact) mass is 479 g/mol. The number of carbonyl (C=O) groups is 1. The molecule has 0 bridgehead atoms. The summed E-state index contributed by atoms with van der Waals surface area (Å²) in [7, 11) is 0. The number of nitrogens with zero attached hydrogens (tertiary/aromatic N) is 4. The van der Waals surface area contributed by atoms with E-state index in [0.29, 0.717) is 41.9 Å². The largest absolute Gasteiger partial charge is 0.435 e. The zero-order valence-corrected chi connectivity index (χ0v) is 18.7. The molecule has 0 aliphatic carbocycles. The van der Waals surface area contributed by atoms with Gasteiger partial charge in [-0.05, 0) is 56.2 Å². The van der Waals surface area contributed by atoms with E-state index in [1.165, 1.54) is 23.5 Å². The minimum absolute atomic E-state index is 0.0622. The van der Waals surface area contributed by atoms with Crippen molar-refractivity contribution in [2.75, 3.05) is 23.3 Å². The predicted molar refractivity (Wildman–Crippen MR) is 120 cm³/mol. The fraction of sp³-hybridized carbons (Fsp3) is 0.333. The number of piperidine rings is 1. The molecule has 3 heterocycles. The SMILES string of the molecule is Cc1sc(NC(=O)C2CCN(c3ccc(Cl)nn3)CC2)nc1-c1ccc(OC(F)F)cc1. The van der Waals surface area contributed by atoms with Gasteiger partial charge < -0.3 is 15.0 Å². The van der Waals surface area contributed by atoms with Crippen molar-refractivity contribution in [2.24, 2.45) is 5.92 Å². The lowest BCUT2D eigenvalue weighted by Crippen LogP contribution is -2.38. The average molecular weight is 480 g/mol. The third-order valence-corrected chi connectivity index (χ3v) is 6.28. The summed E-state index contributed by atoms with van der Waals surface area (Å²) in [6.07, 6.45) is 1.39. The number of anilines is 2. The van der Waals surface area contributed by atoms with Crippen LogP contribution in [-0.2, 0) is 4.79 Å². The first-order valence-electron chi connectivity index (χ1n) is 9.97. The first-order chi connectivity index (χ1) is 15.4. The molecular weight excluding hydrogens is 460 g/mol. The van der Waals surface area contributed by atoms with Crippen LogP contribution in [0.5, 0.6) is 5.75 Å². The van der Waals surface area contributed by atoms with Crippen molar-refractivity contribution in [3.63, 3.8) is 0 Å². The van der Waals surface area contributed by atoms with E-state index in [1.54, 1.807) is 18.2 Å². The Kier molecular flexibility index (Phi) is 6.80. The van der Waals surface area contributed by atoms with Gasteiger partial charge in [-0.1, -0.05) is 11.6 Å². The van der Waals surface area contributed by atoms with E-state index in [2.05, 4.69) is 30.1 Å². The number of aryl methyl sites for hydroxylation is 1. The molecule has 1 fully saturated rings. The van der Waals surface area contributed by atoms with E-state index in [0.717, 1.165) is 16.3 Å². The van der Waals surface area contributed by atoms with Crippen LogP contribution in [0.4, 0.5) is 19.7 Å². The third-order valence-electron chi connectivity index (χ3n) is 5.19. The molecule has 0 atom stereocenters. The fourth-order valence-electron chi connectivity index (χ4n) is 3.57. The number of halogens is 3. The van der Waals surface area contributed by atoms with Crippen LogP contribution in [0.1, 0.15) is 17.7 Å². The van der Waals surface area contributed by atoms with Crippen LogP contribution < -0.4 is 15.0 Å². The van der Waals surface area contributed by atoms with E-state index in [4.69, 9.17) is 11.6 Å². The van der Waals surface area contributed by atoms with Crippen molar-refractivity contribution in [2.45, 2.75) is 26.4 Å². The standard InChI is InChI=1S/C21H20ClF2N5O2S/c1-12-18(13-2-4-15(5-3-13)31-20(23)24)25-21(32-12)26-19(30)14-8-10-29(11-9-14)17-7-6-16(22)27-28-17/h2-7,14,20H,8-11H2,1H3,(H,25,26,30). The summed E-state index contributed by atoms with van der Waals surface area (Å²) in [6, 6.07) is 9.79. The van der Waals surface area contributed by atoms with Crippen molar-refractivity contribution in [3.8, 4) is 17.0 Å². The summed E-state index contributed by atoms with van der Waals surface area (Å²) in [5.41, 5.74) is 1.46. The zero-order chi connectivity index (χ0) is 22.7. The van der Waals surface area contributed by atoms with E-state index in [1.807, 2.05) is 13.0 Å². The Hall–Kier alpha value is -2.85. The summed E-state index contributed by atoms with van der Waals surface area (Å²) in [4.78, 5) is 20.3. The quantitative estimate of drug-likeness (QED) is 0.534. The highest BCUT2D eigenvalue weighted by Gasteiger charge is 2.26. The van der Waals surface area contributed by atoms with Crippen LogP contribution >= 0.6 is 22.9 Å². The molecule has 1 aliphatic heterocycles. The van der Waals surface area contributed by atoms with Gasteiger partial charge in [-0.3, -0.25) is 4.79 Å². The highest BCUT2D eigenvalue weighted by Crippen LogP contribution is 2.32. The molecule has 1 amide bonds. The fourth-order valence-corrected chi connectivity index (χ4v) is 4.51. The van der Waals surface area contributed by atoms with E-state index in [-0.39, 0.29) is 17.6 Å². The van der Waals surface area contributed by atoms with Gasteiger partial charge in [0.25, 0.3) is 0 Å². The molecule has 0 spiro atoms. The van der Waals surface area contributed by atoms with Crippen molar-refractivity contribution >= 4 is 39.8 Å². The summed E-state index contributed by atoms with van der Waals surface area (Å²) in [6.45, 7) is 0.431. The van der Waals surface area contributed by atoms with Crippen LogP contribution in [-0.4, -0.2) is 40.8 Å². The number of aromatic nitrogens is 3. The Morgan fingerprint density at radius 1 is 1.19 bits per heavy atom. The lowest BCUT2D eigenvalue weighted by Gasteiger charge is -2.31. The number of alkyl halides is 2. The van der Waals surface area contributed by atoms with Crippen molar-refractivity contribution < 1.29 is 18.3 Å². The number of benzene rings is 1. The highest BCUT2D eigenvalue weighted by atomic mass is 35.5. The lowest BCUT2D eigenvalue weighted by atomic mass is 9.96. The molecule has 3 aromatic rings. The third kappa shape index (κ3) is 5.31. The maximum atomic E-state index is 12.8. The van der Waals surface area contributed by atoms with Crippen molar-refractivity contribution in [1.82, 2.24) is 15.2 Å². The van der Waals surface area contributed by atoms with Gasteiger partial charge in [-0.25, -0.2) is 4.98 Å². The number of rotatable bonds is 6. The van der Waals surface area contributed by atoms with Gasteiger partial charge in [-0.15, -0.1) is 21.5 Å². The summed E-state index contributed by atoms with van der Waals surface area (Å²) in [5.74, 6) is 0.650. The van der Waals surface area contributed by atoms with E-state index in [9.17, 15) is 13.6 Å². The Morgan fingerprint density at radius 2 is 1.91 bits per heavy atom. The molecule has 0 unspecified atom stereocenters. The van der Waals surface area contributed by atoms with Gasteiger partial charge in [-0.2, -0.15) is 8.78 Å². The molecule has 2 aromatic heterocycles. The van der Waals surface area contributed by atoms with Gasteiger partial charge in [0, 0.05) is 29.4 Å². The molecule has 1 N–H and O–H groups in total. The van der Waals surface area contributed by atoms with E-state index >= 15 is 0 Å². The van der Waals surface area contributed by atoms with Gasteiger partial charge >= 0.3 is 6.61 Å². The molecule has 0 saturated carbocycles. The molecule has 7 nitrogen and oxygen atoms in total. The first-order valence-corrected chi connectivity index (χ1v) is 11.2. The van der Waals surface area contributed by atoms with Gasteiger partial charge in [0.1, 0.15) is 5.75 Å². The van der Waals surface area contributed by atoms with Crippen molar-refractivity contribution in [1.29, 1.82) is 0 Å². The Labute approximate surface area is 192 Å². The second kappa shape index (κ2) is 9.74. The molecule has 4 rings (SSSR count). The van der Waals surface area contributed by atoms with Crippen molar-refractivity contribution in [3.05, 3.63) is 46.4 Å². The number of carbonyl (C=O) groups excluding carboxylic acids is 1. The summed E-state index contributed by atoms with van der Waals surface area (Å²) in [5, 5.41) is 11.7. The minimum Gasteiger partial charge on any atom is -0.435 e. The highest BCUT2D eigenvalue weighted by molar-refractivity contribution is 7.16. The first kappa shape index (κ1) is 22.3. The molecule has 1 saturated heterocycles. The number of nitrogens with one attached hydrogen (secondary N) is 1. The normalized spacial score (nSPS) is 14.6. The molecule has 1 aliphatic rings. The van der Waals surface area contributed by atoms with Crippen LogP contribution in [0.15, 0.2) is 36.4 Å². The summed E-state index contributed by atoms with van der Waals surface area (Å²) < 4.78 is 29.0. The number of hydrogen-bond donors (Lipinski definition) is 1. The van der Waals surface area contributed by atoms with Crippen LogP contribution in [0.3, 0.4) is 0 Å². The number of hydrogen-bond acceptors (Lipinski definition) is 7. The smallest absolute Gasteiger partial charge is 0.387 e. The topological polar surface area (TPSA) is 80.2 Å². The maximum absolute atomic E-state index is 12.8. The van der Waals surface area contributed by atoms with Crippen LogP contribution in [0.2, 0.25) is 5.15 Å². The van der Waals surface area contributed by atoms with Crippen LogP contribution in [0, 0.1) is 12.8 Å². The second-order valence-corrected chi connectivity index (χ2v) is 8.88. The zero-order valence-electron chi connectivity index (χ0n) is 17.1. The Bertz CT molecular complexity index is 1070. The Balaban J connectivity index is 1.35.